The Morgan fingerprint density at radius 3 is 2.57 bits per heavy atom. The van der Waals surface area contributed by atoms with Gasteiger partial charge in [-0.1, -0.05) is 18.9 Å². The summed E-state index contributed by atoms with van der Waals surface area (Å²) >= 11 is 0. The lowest BCUT2D eigenvalue weighted by molar-refractivity contribution is -0.757. The Hall–Kier alpha value is -3.29. The lowest BCUT2D eigenvalue weighted by Gasteiger charge is -2.09. The predicted molar refractivity (Wildman–Crippen MR) is 103 cm³/mol. The molecule has 28 heavy (non-hydrogen) atoms. The summed E-state index contributed by atoms with van der Waals surface area (Å²) in [6.45, 7) is 2.42. The van der Waals surface area contributed by atoms with Crippen LogP contribution in [0, 0.1) is 17.0 Å². The quantitative estimate of drug-likeness (QED) is 0.254. The van der Waals surface area contributed by atoms with Gasteiger partial charge < -0.3 is 19.1 Å². The maximum absolute atomic E-state index is 12.6. The highest BCUT2D eigenvalue weighted by Gasteiger charge is 2.13. The van der Waals surface area contributed by atoms with Crippen LogP contribution < -0.4 is 10.2 Å². The van der Waals surface area contributed by atoms with E-state index in [0.29, 0.717) is 29.7 Å². The molecule has 2 aromatic carbocycles. The van der Waals surface area contributed by atoms with Crippen LogP contribution in [0.3, 0.4) is 0 Å². The number of aryl methyl sites for hydroxylation is 1. The number of nitrogens with zero attached hydrogens (tertiary/aromatic N) is 1. The first kappa shape index (κ1) is 19.5. The summed E-state index contributed by atoms with van der Waals surface area (Å²) in [5.74, 6) is 0.234. The molecular formula is C20H21NO7. The van der Waals surface area contributed by atoms with Crippen LogP contribution in [0.15, 0.2) is 39.5 Å². The molecule has 8 nitrogen and oxygen atoms in total. The number of benzene rings is 2. The largest absolute Gasteiger partial charge is 0.507 e. The maximum atomic E-state index is 12.6. The van der Waals surface area contributed by atoms with Gasteiger partial charge in [0.05, 0.1) is 18.6 Å². The fourth-order valence-corrected chi connectivity index (χ4v) is 3.01. The average molecular weight is 387 g/mol. The number of phenolic OH excluding ortho intramolecular Hbond substituents is 1. The monoisotopic (exact) mass is 387 g/mol. The van der Waals surface area contributed by atoms with E-state index in [9.17, 15) is 20.0 Å². The lowest BCUT2D eigenvalue weighted by atomic mass is 10.1. The normalized spacial score (nSPS) is 11.0. The molecule has 3 rings (SSSR count). The van der Waals surface area contributed by atoms with Gasteiger partial charge in [-0.05, 0) is 37.5 Å². The Labute approximate surface area is 160 Å². The van der Waals surface area contributed by atoms with Gasteiger partial charge in [-0.25, -0.2) is 0 Å². The van der Waals surface area contributed by atoms with Crippen molar-refractivity contribution in [3.63, 3.8) is 0 Å². The minimum Gasteiger partial charge on any atom is -0.507 e. The summed E-state index contributed by atoms with van der Waals surface area (Å²) in [7, 11) is 0. The Kier molecular flexibility index (Phi) is 5.98. The third-order valence-corrected chi connectivity index (χ3v) is 4.39. The third-order valence-electron chi connectivity index (χ3n) is 4.39. The van der Waals surface area contributed by atoms with Crippen molar-refractivity contribution < 1.29 is 24.2 Å². The molecular weight excluding hydrogens is 366 g/mol. The number of unbranched alkanes of at least 4 members (excludes halogenated alkanes) is 3. The van der Waals surface area contributed by atoms with Crippen molar-refractivity contribution in [2.75, 3.05) is 13.2 Å². The topological polar surface area (TPSA) is 112 Å². The molecule has 1 aromatic heterocycles. The van der Waals surface area contributed by atoms with Crippen LogP contribution in [-0.4, -0.2) is 23.4 Å². The van der Waals surface area contributed by atoms with Gasteiger partial charge in [0.2, 0.25) is 5.43 Å². The van der Waals surface area contributed by atoms with Crippen LogP contribution in [0.5, 0.6) is 11.5 Å². The zero-order valence-electron chi connectivity index (χ0n) is 15.5. The van der Waals surface area contributed by atoms with E-state index < -0.39 is 5.09 Å². The molecule has 0 radical (unpaired) electrons. The second kappa shape index (κ2) is 8.60. The number of hydrogen-bond donors (Lipinski definition) is 1. The summed E-state index contributed by atoms with van der Waals surface area (Å²) < 4.78 is 11.5. The average Bonchev–Trinajstić information content (AvgIpc) is 2.63. The standard InChI is InChI=1S/C20H21NO7/c1-13-6-7-15-17(10-13)28-18-12-14(11-16(22)19(18)20(15)23)26-8-4-2-3-5-9-27-21(24)25/h6-7,10-12,22H,2-5,8-9H2,1H3. The van der Waals surface area contributed by atoms with Gasteiger partial charge in [-0.3, -0.25) is 4.79 Å². The van der Waals surface area contributed by atoms with Gasteiger partial charge in [0, 0.05) is 12.1 Å². The molecule has 0 fully saturated rings. The molecule has 0 spiro atoms. The van der Waals surface area contributed by atoms with E-state index in [2.05, 4.69) is 4.84 Å². The predicted octanol–water partition coefficient (Wildman–Crippen LogP) is 4.11. The highest BCUT2D eigenvalue weighted by molar-refractivity contribution is 5.93. The fraction of sp³-hybridized carbons (Fsp3) is 0.350. The van der Waals surface area contributed by atoms with Crippen molar-refractivity contribution in [2.24, 2.45) is 0 Å². The minimum atomic E-state index is -0.793. The number of ether oxygens (including phenoxy) is 1. The third kappa shape index (κ3) is 4.51. The van der Waals surface area contributed by atoms with E-state index in [1.807, 2.05) is 13.0 Å². The maximum Gasteiger partial charge on any atom is 0.294 e. The van der Waals surface area contributed by atoms with Crippen molar-refractivity contribution in [3.8, 4) is 11.5 Å². The summed E-state index contributed by atoms with van der Waals surface area (Å²) in [4.78, 5) is 26.9. The van der Waals surface area contributed by atoms with Gasteiger partial charge in [0.15, 0.2) is 0 Å². The van der Waals surface area contributed by atoms with E-state index in [0.717, 1.165) is 24.8 Å². The summed E-state index contributed by atoms with van der Waals surface area (Å²) in [5, 5.41) is 20.1. The molecule has 148 valence electrons. The molecule has 0 bridgehead atoms. The first-order valence-corrected chi connectivity index (χ1v) is 9.06. The molecule has 0 aliphatic carbocycles. The van der Waals surface area contributed by atoms with E-state index in [1.165, 1.54) is 6.07 Å². The number of rotatable bonds is 9. The van der Waals surface area contributed by atoms with Crippen LogP contribution >= 0.6 is 0 Å². The molecule has 1 heterocycles. The van der Waals surface area contributed by atoms with E-state index in [1.54, 1.807) is 18.2 Å². The van der Waals surface area contributed by atoms with Crippen LogP contribution in [0.25, 0.3) is 21.9 Å². The zero-order chi connectivity index (χ0) is 20.1. The minimum absolute atomic E-state index is 0.0961. The first-order valence-electron chi connectivity index (χ1n) is 9.06. The number of hydrogen-bond acceptors (Lipinski definition) is 7. The number of phenols is 1. The van der Waals surface area contributed by atoms with Crippen LogP contribution in [0.2, 0.25) is 0 Å². The van der Waals surface area contributed by atoms with Crippen LogP contribution in [0.4, 0.5) is 0 Å². The fourth-order valence-electron chi connectivity index (χ4n) is 3.01. The highest BCUT2D eigenvalue weighted by Crippen LogP contribution is 2.30. The Balaban J connectivity index is 1.65. The van der Waals surface area contributed by atoms with Gasteiger partial charge in [-0.15, -0.1) is 10.1 Å². The molecule has 0 amide bonds. The Morgan fingerprint density at radius 1 is 1.07 bits per heavy atom. The molecule has 0 saturated heterocycles. The smallest absolute Gasteiger partial charge is 0.294 e. The molecule has 0 unspecified atom stereocenters. The molecule has 8 heteroatoms. The highest BCUT2D eigenvalue weighted by atomic mass is 16.9. The molecule has 0 saturated carbocycles. The molecule has 0 aliphatic rings. The SMILES string of the molecule is Cc1ccc2c(=O)c3c(O)cc(OCCCCCCO[N+](=O)[O-])cc3oc2c1. The second-order valence-corrected chi connectivity index (χ2v) is 6.57. The van der Waals surface area contributed by atoms with Gasteiger partial charge in [-0.2, -0.15) is 0 Å². The van der Waals surface area contributed by atoms with E-state index >= 15 is 0 Å². The van der Waals surface area contributed by atoms with Gasteiger partial charge in [0.1, 0.15) is 28.1 Å². The lowest BCUT2D eigenvalue weighted by Crippen LogP contribution is -2.04. The Bertz CT molecular complexity index is 1060. The van der Waals surface area contributed by atoms with E-state index in [-0.39, 0.29) is 28.8 Å². The Morgan fingerprint density at radius 2 is 1.82 bits per heavy atom. The van der Waals surface area contributed by atoms with Crippen molar-refractivity contribution in [3.05, 3.63) is 56.2 Å². The van der Waals surface area contributed by atoms with Crippen molar-refractivity contribution in [1.82, 2.24) is 0 Å². The van der Waals surface area contributed by atoms with Gasteiger partial charge >= 0.3 is 0 Å². The summed E-state index contributed by atoms with van der Waals surface area (Å²) in [5.41, 5.74) is 1.42. The first-order chi connectivity index (χ1) is 13.5. The number of aromatic hydroxyl groups is 1. The summed E-state index contributed by atoms with van der Waals surface area (Å²) in [6, 6.07) is 8.30. The summed E-state index contributed by atoms with van der Waals surface area (Å²) in [6.07, 6.45) is 2.98. The molecule has 3 aromatic rings. The molecule has 1 N–H and O–H groups in total. The number of fused-ring (bicyclic) bond motifs is 2. The van der Waals surface area contributed by atoms with Gasteiger partial charge in [0.25, 0.3) is 5.09 Å². The molecule has 0 atom stereocenters. The zero-order valence-corrected chi connectivity index (χ0v) is 15.5. The second-order valence-electron chi connectivity index (χ2n) is 6.57. The van der Waals surface area contributed by atoms with Crippen LogP contribution in [-0.2, 0) is 4.84 Å². The molecule has 0 aliphatic heterocycles. The van der Waals surface area contributed by atoms with Crippen molar-refractivity contribution >= 4 is 21.9 Å². The van der Waals surface area contributed by atoms with E-state index in [4.69, 9.17) is 9.15 Å². The van der Waals surface area contributed by atoms with Crippen LogP contribution in [0.1, 0.15) is 31.2 Å². The van der Waals surface area contributed by atoms with Crippen molar-refractivity contribution in [2.45, 2.75) is 32.6 Å². The van der Waals surface area contributed by atoms with Crippen molar-refractivity contribution in [1.29, 1.82) is 0 Å².